The van der Waals surface area contributed by atoms with E-state index in [4.69, 9.17) is 4.74 Å². The number of ether oxygens (including phenoxy) is 1. The Balaban J connectivity index is 2.42. The quantitative estimate of drug-likeness (QED) is 0.473. The van der Waals surface area contributed by atoms with Gasteiger partial charge < -0.3 is 4.74 Å². The van der Waals surface area contributed by atoms with Crippen molar-refractivity contribution in [2.75, 3.05) is 0 Å². The second-order valence-electron chi connectivity index (χ2n) is 2.19. The molecule has 0 saturated carbocycles. The molecule has 1 nitrogen and oxygen atoms in total. The van der Waals surface area contributed by atoms with Crippen LogP contribution >= 0.6 is 0 Å². The van der Waals surface area contributed by atoms with Crippen LogP contribution in [0.25, 0.3) is 0 Å². The molecule has 0 aromatic carbocycles. The first-order chi connectivity index (χ1) is 4.38. The topological polar surface area (TPSA) is 9.23 Å². The van der Waals surface area contributed by atoms with Gasteiger partial charge in [0.1, 0.15) is 0 Å². The van der Waals surface area contributed by atoms with E-state index in [-0.39, 0.29) is 0 Å². The highest BCUT2D eigenvalue weighted by Gasteiger charge is 2.21. The highest BCUT2D eigenvalue weighted by Crippen LogP contribution is 2.33. The molecule has 0 bridgehead atoms. The molecular weight excluding hydrogens is 112 g/mol. The second-order valence-corrected chi connectivity index (χ2v) is 2.19. The Morgan fingerprint density at radius 2 is 2.33 bits per heavy atom. The summed E-state index contributed by atoms with van der Waals surface area (Å²) >= 11 is 0. The lowest BCUT2D eigenvalue weighted by Crippen LogP contribution is -1.88. The van der Waals surface area contributed by atoms with Crippen LogP contribution in [0.15, 0.2) is 35.6 Å². The molecule has 0 atom stereocenters. The molecule has 0 fully saturated rings. The zero-order valence-corrected chi connectivity index (χ0v) is 5.22. The number of hydrogen-bond acceptors (Lipinski definition) is 1. The first-order valence-corrected chi connectivity index (χ1v) is 2.97. The minimum absolute atomic E-state index is 1.01. The molecule has 0 saturated heterocycles. The Morgan fingerprint density at radius 1 is 1.44 bits per heavy atom. The van der Waals surface area contributed by atoms with Crippen LogP contribution in [0.1, 0.15) is 6.92 Å². The third kappa shape index (κ3) is 0.545. The molecule has 1 aliphatic heterocycles. The molecule has 0 N–H and O–H groups in total. The molecule has 0 amide bonds. The van der Waals surface area contributed by atoms with Crippen molar-refractivity contribution in [3.8, 4) is 0 Å². The van der Waals surface area contributed by atoms with Crippen LogP contribution in [-0.4, -0.2) is 0 Å². The zero-order valence-electron chi connectivity index (χ0n) is 5.22. The van der Waals surface area contributed by atoms with Gasteiger partial charge in [-0.05, 0) is 6.92 Å². The van der Waals surface area contributed by atoms with Crippen molar-refractivity contribution in [2.45, 2.75) is 6.92 Å². The summed E-state index contributed by atoms with van der Waals surface area (Å²) in [4.78, 5) is 0. The van der Waals surface area contributed by atoms with Gasteiger partial charge in [0.2, 0.25) is 0 Å². The molecule has 0 spiro atoms. The smallest absolute Gasteiger partial charge is 0.174 e. The van der Waals surface area contributed by atoms with Gasteiger partial charge >= 0.3 is 0 Å². The largest absolute Gasteiger partial charge is 0.485 e. The van der Waals surface area contributed by atoms with Gasteiger partial charge in [0.05, 0.1) is 6.26 Å². The predicted molar refractivity (Wildman–Crippen MR) is 35.3 cm³/mol. The van der Waals surface area contributed by atoms with E-state index < -0.39 is 0 Å². The number of hydrogen-bond donors (Lipinski definition) is 0. The van der Waals surface area contributed by atoms with E-state index in [1.54, 1.807) is 6.26 Å². The van der Waals surface area contributed by atoms with Crippen LogP contribution in [0.5, 0.6) is 0 Å². The van der Waals surface area contributed by atoms with Crippen LogP contribution in [0.3, 0.4) is 0 Å². The highest BCUT2D eigenvalue weighted by atomic mass is 16.5. The average Bonchev–Trinajstić information content (AvgIpc) is 2.35. The molecule has 1 aliphatic carbocycles. The number of fused-ring (bicyclic) bond motifs is 1. The summed E-state index contributed by atoms with van der Waals surface area (Å²) < 4.78 is 5.15. The highest BCUT2D eigenvalue weighted by molar-refractivity contribution is 5.55. The second kappa shape index (κ2) is 1.50. The third-order valence-corrected chi connectivity index (χ3v) is 1.59. The lowest BCUT2D eigenvalue weighted by molar-refractivity contribution is 0.307. The van der Waals surface area contributed by atoms with E-state index in [9.17, 15) is 0 Å². The predicted octanol–water partition coefficient (Wildman–Crippen LogP) is 1.95. The molecule has 2 aliphatic rings. The fourth-order valence-corrected chi connectivity index (χ4v) is 1.07. The van der Waals surface area contributed by atoms with Gasteiger partial charge in [-0.25, -0.2) is 0 Å². The van der Waals surface area contributed by atoms with Crippen LogP contribution in [-0.2, 0) is 4.74 Å². The van der Waals surface area contributed by atoms with Crippen molar-refractivity contribution in [1.82, 2.24) is 0 Å². The monoisotopic (exact) mass is 119 g/mol. The Kier molecular flexibility index (Phi) is 0.810. The number of rotatable bonds is 0. The summed E-state index contributed by atoms with van der Waals surface area (Å²) in [5.41, 5.74) is 2.43. The molecule has 0 aromatic heterocycles. The molecule has 2 rings (SSSR count). The van der Waals surface area contributed by atoms with Gasteiger partial charge in [-0.1, -0.05) is 18.2 Å². The van der Waals surface area contributed by atoms with Crippen LogP contribution in [0.4, 0.5) is 0 Å². The summed E-state index contributed by atoms with van der Waals surface area (Å²) in [7, 11) is 0. The SMILES string of the molecule is C[C]1OC=C2C=CC=C12. The molecule has 9 heavy (non-hydrogen) atoms. The van der Waals surface area contributed by atoms with Crippen LogP contribution in [0, 0.1) is 6.10 Å². The molecule has 1 heteroatoms. The summed E-state index contributed by atoms with van der Waals surface area (Å²) in [5.74, 6) is 0. The van der Waals surface area contributed by atoms with E-state index in [2.05, 4.69) is 6.08 Å². The van der Waals surface area contributed by atoms with Gasteiger partial charge in [-0.15, -0.1) is 0 Å². The van der Waals surface area contributed by atoms with Gasteiger partial charge in [0.25, 0.3) is 0 Å². The molecular formula is C8H7O. The molecule has 1 heterocycles. The average molecular weight is 119 g/mol. The standard InChI is InChI=1S/C8H7O/c1-6-8-4-2-3-7(8)5-9-6/h2-5H,1H3. The van der Waals surface area contributed by atoms with Crippen LogP contribution < -0.4 is 0 Å². The lowest BCUT2D eigenvalue weighted by Gasteiger charge is -1.99. The fraction of sp³-hybridized carbons (Fsp3) is 0.125. The normalized spacial score (nSPS) is 23.2. The van der Waals surface area contributed by atoms with Gasteiger partial charge in [-0.3, -0.25) is 0 Å². The molecule has 0 aromatic rings. The Morgan fingerprint density at radius 3 is 3.11 bits per heavy atom. The van der Waals surface area contributed by atoms with Gasteiger partial charge in [-0.2, -0.15) is 0 Å². The Hall–Kier alpha value is -0.980. The summed E-state index contributed by atoms with van der Waals surface area (Å²) in [6, 6.07) is 0. The molecule has 0 unspecified atom stereocenters. The minimum Gasteiger partial charge on any atom is -0.485 e. The van der Waals surface area contributed by atoms with E-state index >= 15 is 0 Å². The maximum atomic E-state index is 5.15. The lowest BCUT2D eigenvalue weighted by atomic mass is 10.1. The molecule has 45 valence electrons. The number of allylic oxidation sites excluding steroid dienone is 3. The fourth-order valence-electron chi connectivity index (χ4n) is 1.07. The van der Waals surface area contributed by atoms with Crippen molar-refractivity contribution in [2.24, 2.45) is 0 Å². The maximum absolute atomic E-state index is 5.15. The third-order valence-electron chi connectivity index (χ3n) is 1.59. The van der Waals surface area contributed by atoms with Crippen molar-refractivity contribution in [3.05, 3.63) is 41.7 Å². The van der Waals surface area contributed by atoms with E-state index in [0.717, 1.165) is 6.10 Å². The van der Waals surface area contributed by atoms with E-state index in [1.165, 1.54) is 11.1 Å². The Labute approximate surface area is 54.3 Å². The van der Waals surface area contributed by atoms with E-state index in [0.29, 0.717) is 0 Å². The summed E-state index contributed by atoms with van der Waals surface area (Å²) in [6.45, 7) is 1.97. The van der Waals surface area contributed by atoms with Gasteiger partial charge in [0.15, 0.2) is 6.10 Å². The zero-order chi connectivity index (χ0) is 6.27. The minimum atomic E-state index is 1.01. The van der Waals surface area contributed by atoms with Crippen molar-refractivity contribution in [1.29, 1.82) is 0 Å². The summed E-state index contributed by atoms with van der Waals surface area (Å²) in [6.07, 6.45) is 8.94. The first kappa shape index (κ1) is 4.86. The first-order valence-electron chi connectivity index (χ1n) is 2.97. The van der Waals surface area contributed by atoms with Crippen molar-refractivity contribution in [3.63, 3.8) is 0 Å². The van der Waals surface area contributed by atoms with Crippen LogP contribution in [0.2, 0.25) is 0 Å². The van der Waals surface area contributed by atoms with Crippen molar-refractivity contribution < 1.29 is 4.74 Å². The van der Waals surface area contributed by atoms with Crippen molar-refractivity contribution >= 4 is 0 Å². The Bertz CT molecular complexity index is 221. The molecule has 1 radical (unpaired) electrons. The maximum Gasteiger partial charge on any atom is 0.174 e. The van der Waals surface area contributed by atoms with Gasteiger partial charge in [0, 0.05) is 11.1 Å². The van der Waals surface area contributed by atoms with E-state index in [1.807, 2.05) is 19.1 Å². The summed E-state index contributed by atoms with van der Waals surface area (Å²) in [5, 5.41) is 0.